The van der Waals surface area contributed by atoms with Crippen LogP contribution in [0.15, 0.2) is 30.3 Å². The first kappa shape index (κ1) is 6.83. The van der Waals surface area contributed by atoms with Crippen molar-refractivity contribution in [1.29, 1.82) is 0 Å². The number of ether oxygens (including phenoxy) is 1. The van der Waals surface area contributed by atoms with E-state index in [0.717, 1.165) is 5.56 Å². The van der Waals surface area contributed by atoms with Gasteiger partial charge in [-0.25, -0.2) is 0 Å². The van der Waals surface area contributed by atoms with Crippen LogP contribution in [0.25, 0.3) is 0 Å². The Morgan fingerprint density at radius 1 is 1.27 bits per heavy atom. The SMILES string of the molecule is O[C@H]1CO[C@H]1c1ccccc1. The molecule has 0 radical (unpaired) electrons. The number of benzene rings is 1. The lowest BCUT2D eigenvalue weighted by Crippen LogP contribution is -2.37. The summed E-state index contributed by atoms with van der Waals surface area (Å²) in [7, 11) is 0. The molecule has 1 aliphatic rings. The van der Waals surface area contributed by atoms with Crippen LogP contribution >= 0.6 is 0 Å². The van der Waals surface area contributed by atoms with Gasteiger partial charge in [0.05, 0.1) is 6.61 Å². The summed E-state index contributed by atoms with van der Waals surface area (Å²) < 4.78 is 5.18. The molecule has 0 bridgehead atoms. The van der Waals surface area contributed by atoms with Crippen LogP contribution in [0.3, 0.4) is 0 Å². The Bertz CT molecular complexity index is 233. The van der Waals surface area contributed by atoms with Crippen LogP contribution in [0.1, 0.15) is 11.7 Å². The Hall–Kier alpha value is -0.860. The Labute approximate surface area is 65.4 Å². The normalized spacial score (nSPS) is 29.5. The summed E-state index contributed by atoms with van der Waals surface area (Å²) in [5, 5.41) is 9.24. The van der Waals surface area contributed by atoms with Crippen molar-refractivity contribution in [2.75, 3.05) is 6.61 Å². The molecule has 0 amide bonds. The highest BCUT2D eigenvalue weighted by atomic mass is 16.5. The van der Waals surface area contributed by atoms with Crippen molar-refractivity contribution in [3.8, 4) is 0 Å². The molecule has 2 atom stereocenters. The molecular weight excluding hydrogens is 140 g/mol. The summed E-state index contributed by atoms with van der Waals surface area (Å²) in [6.45, 7) is 0.472. The van der Waals surface area contributed by atoms with Gasteiger partial charge in [0.1, 0.15) is 12.2 Å². The minimum Gasteiger partial charge on any atom is -0.388 e. The van der Waals surface area contributed by atoms with Crippen molar-refractivity contribution in [2.45, 2.75) is 12.2 Å². The van der Waals surface area contributed by atoms with Gasteiger partial charge in [0, 0.05) is 0 Å². The monoisotopic (exact) mass is 150 g/mol. The smallest absolute Gasteiger partial charge is 0.111 e. The van der Waals surface area contributed by atoms with E-state index in [2.05, 4.69) is 0 Å². The number of rotatable bonds is 1. The van der Waals surface area contributed by atoms with E-state index >= 15 is 0 Å². The lowest BCUT2D eigenvalue weighted by atomic mass is 10.0. The molecule has 0 saturated carbocycles. The number of aliphatic hydroxyl groups is 1. The molecule has 1 heterocycles. The fraction of sp³-hybridized carbons (Fsp3) is 0.333. The molecular formula is C9H10O2. The molecule has 2 rings (SSSR count). The fourth-order valence-corrected chi connectivity index (χ4v) is 1.24. The van der Waals surface area contributed by atoms with E-state index in [0.29, 0.717) is 6.61 Å². The zero-order chi connectivity index (χ0) is 7.68. The molecule has 0 unspecified atom stereocenters. The summed E-state index contributed by atoms with van der Waals surface area (Å²) >= 11 is 0. The predicted octanol–water partition coefficient (Wildman–Crippen LogP) is 1.12. The summed E-state index contributed by atoms with van der Waals surface area (Å²) in [4.78, 5) is 0. The highest BCUT2D eigenvalue weighted by Gasteiger charge is 2.30. The van der Waals surface area contributed by atoms with Crippen molar-refractivity contribution in [2.24, 2.45) is 0 Å². The van der Waals surface area contributed by atoms with Gasteiger partial charge in [-0.1, -0.05) is 30.3 Å². The minimum atomic E-state index is -0.308. The average Bonchev–Trinajstić information content (AvgIpc) is 2.04. The largest absolute Gasteiger partial charge is 0.388 e. The van der Waals surface area contributed by atoms with Crippen LogP contribution in [-0.4, -0.2) is 17.8 Å². The number of hydrogen-bond donors (Lipinski definition) is 1. The molecule has 1 aromatic rings. The Balaban J connectivity index is 2.17. The van der Waals surface area contributed by atoms with Gasteiger partial charge < -0.3 is 9.84 Å². The molecule has 1 saturated heterocycles. The molecule has 1 fully saturated rings. The molecule has 1 aliphatic heterocycles. The first-order valence-electron chi connectivity index (χ1n) is 3.72. The molecule has 2 nitrogen and oxygen atoms in total. The van der Waals surface area contributed by atoms with Gasteiger partial charge in [-0.05, 0) is 5.56 Å². The van der Waals surface area contributed by atoms with Crippen molar-refractivity contribution in [1.82, 2.24) is 0 Å². The van der Waals surface area contributed by atoms with Crippen molar-refractivity contribution < 1.29 is 9.84 Å². The second-order valence-electron chi connectivity index (χ2n) is 2.73. The highest BCUT2D eigenvalue weighted by molar-refractivity contribution is 5.20. The molecule has 0 aromatic heterocycles. The van der Waals surface area contributed by atoms with Crippen LogP contribution in [0.2, 0.25) is 0 Å². The van der Waals surface area contributed by atoms with E-state index in [1.807, 2.05) is 30.3 Å². The molecule has 11 heavy (non-hydrogen) atoms. The van der Waals surface area contributed by atoms with Crippen molar-refractivity contribution in [3.05, 3.63) is 35.9 Å². The number of aliphatic hydroxyl groups excluding tert-OH is 1. The van der Waals surface area contributed by atoms with Crippen molar-refractivity contribution >= 4 is 0 Å². The number of hydrogen-bond acceptors (Lipinski definition) is 2. The highest BCUT2D eigenvalue weighted by Crippen LogP contribution is 2.29. The van der Waals surface area contributed by atoms with E-state index in [-0.39, 0.29) is 12.2 Å². The van der Waals surface area contributed by atoms with E-state index in [4.69, 9.17) is 4.74 Å². The van der Waals surface area contributed by atoms with Gasteiger partial charge in [-0.3, -0.25) is 0 Å². The van der Waals surface area contributed by atoms with E-state index in [1.54, 1.807) is 0 Å². The predicted molar refractivity (Wildman–Crippen MR) is 41.1 cm³/mol. The second-order valence-corrected chi connectivity index (χ2v) is 2.73. The van der Waals surface area contributed by atoms with E-state index < -0.39 is 0 Å². The van der Waals surface area contributed by atoms with Crippen LogP contribution in [0.5, 0.6) is 0 Å². The summed E-state index contributed by atoms with van der Waals surface area (Å²) in [5.74, 6) is 0. The molecule has 0 spiro atoms. The molecule has 1 N–H and O–H groups in total. The van der Waals surface area contributed by atoms with Gasteiger partial charge in [-0.15, -0.1) is 0 Å². The summed E-state index contributed by atoms with van der Waals surface area (Å²) in [6.07, 6.45) is -0.395. The van der Waals surface area contributed by atoms with Crippen molar-refractivity contribution in [3.63, 3.8) is 0 Å². The maximum Gasteiger partial charge on any atom is 0.111 e. The first-order valence-corrected chi connectivity index (χ1v) is 3.72. The third kappa shape index (κ3) is 1.15. The standard InChI is InChI=1S/C9H10O2/c10-8-6-11-9(8)7-4-2-1-3-5-7/h1-5,8-10H,6H2/t8-,9-/m0/s1. The molecule has 1 aromatic carbocycles. The average molecular weight is 150 g/mol. The maximum absolute atomic E-state index is 9.24. The quantitative estimate of drug-likeness (QED) is 0.650. The van der Waals surface area contributed by atoms with Gasteiger partial charge in [-0.2, -0.15) is 0 Å². The topological polar surface area (TPSA) is 29.5 Å². The minimum absolute atomic E-state index is 0.0869. The fourth-order valence-electron chi connectivity index (χ4n) is 1.24. The summed E-state index contributed by atoms with van der Waals surface area (Å²) in [5.41, 5.74) is 1.06. The summed E-state index contributed by atoms with van der Waals surface area (Å²) in [6, 6.07) is 9.78. The van der Waals surface area contributed by atoms with E-state index in [9.17, 15) is 5.11 Å². The molecule has 2 heteroatoms. The van der Waals surface area contributed by atoms with Gasteiger partial charge >= 0.3 is 0 Å². The van der Waals surface area contributed by atoms with Crippen LogP contribution in [-0.2, 0) is 4.74 Å². The third-order valence-electron chi connectivity index (χ3n) is 1.92. The third-order valence-corrected chi connectivity index (χ3v) is 1.92. The lowest BCUT2D eigenvalue weighted by Gasteiger charge is -2.32. The Kier molecular flexibility index (Phi) is 1.64. The Morgan fingerprint density at radius 3 is 2.45 bits per heavy atom. The van der Waals surface area contributed by atoms with Gasteiger partial charge in [0.2, 0.25) is 0 Å². The first-order chi connectivity index (χ1) is 5.38. The zero-order valence-electron chi connectivity index (χ0n) is 6.10. The van der Waals surface area contributed by atoms with Crippen LogP contribution < -0.4 is 0 Å². The van der Waals surface area contributed by atoms with Gasteiger partial charge in [0.25, 0.3) is 0 Å². The second kappa shape index (κ2) is 2.64. The Morgan fingerprint density at radius 2 is 2.00 bits per heavy atom. The van der Waals surface area contributed by atoms with E-state index in [1.165, 1.54) is 0 Å². The molecule has 0 aliphatic carbocycles. The van der Waals surface area contributed by atoms with Gasteiger partial charge in [0.15, 0.2) is 0 Å². The lowest BCUT2D eigenvalue weighted by molar-refractivity contribution is -0.165. The molecule has 58 valence electrons. The zero-order valence-corrected chi connectivity index (χ0v) is 6.10. The maximum atomic E-state index is 9.24. The van der Waals surface area contributed by atoms with Crippen LogP contribution in [0, 0.1) is 0 Å². The van der Waals surface area contributed by atoms with Crippen LogP contribution in [0.4, 0.5) is 0 Å².